The molecule has 1 unspecified atom stereocenters. The van der Waals surface area contributed by atoms with E-state index in [1.54, 1.807) is 11.0 Å². The summed E-state index contributed by atoms with van der Waals surface area (Å²) in [5.74, 6) is 0.499. The fourth-order valence-electron chi connectivity index (χ4n) is 1.36. The van der Waals surface area contributed by atoms with Crippen molar-refractivity contribution < 1.29 is 4.79 Å². The van der Waals surface area contributed by atoms with Gasteiger partial charge in [-0.05, 0) is 19.5 Å². The van der Waals surface area contributed by atoms with Gasteiger partial charge in [0.1, 0.15) is 12.7 Å². The number of nitrogens with zero attached hydrogens (tertiary/aromatic N) is 3. The maximum atomic E-state index is 11.5. The van der Waals surface area contributed by atoms with Gasteiger partial charge >= 0.3 is 0 Å². The SMILES string of the molecule is CNCC(C)CNC(=O)CCn1cncn1. The maximum Gasteiger partial charge on any atom is 0.221 e. The predicted molar refractivity (Wildman–Crippen MR) is 60.7 cm³/mol. The lowest BCUT2D eigenvalue weighted by molar-refractivity contribution is -0.121. The van der Waals surface area contributed by atoms with Crippen molar-refractivity contribution in [2.75, 3.05) is 20.1 Å². The number of nitrogens with one attached hydrogen (secondary N) is 2. The lowest BCUT2D eigenvalue weighted by Gasteiger charge is -2.11. The van der Waals surface area contributed by atoms with Gasteiger partial charge in [-0.25, -0.2) is 4.98 Å². The summed E-state index contributed by atoms with van der Waals surface area (Å²) in [6.45, 7) is 4.28. The van der Waals surface area contributed by atoms with Crippen LogP contribution >= 0.6 is 0 Å². The molecule has 6 nitrogen and oxygen atoms in total. The van der Waals surface area contributed by atoms with E-state index >= 15 is 0 Å². The van der Waals surface area contributed by atoms with E-state index in [0.717, 1.165) is 6.54 Å². The highest BCUT2D eigenvalue weighted by molar-refractivity contribution is 5.75. The van der Waals surface area contributed by atoms with E-state index in [2.05, 4.69) is 27.6 Å². The molecule has 6 heteroatoms. The second-order valence-electron chi connectivity index (χ2n) is 3.88. The van der Waals surface area contributed by atoms with E-state index in [1.807, 2.05) is 7.05 Å². The summed E-state index contributed by atoms with van der Waals surface area (Å²) < 4.78 is 1.65. The van der Waals surface area contributed by atoms with Gasteiger partial charge in [0, 0.05) is 13.0 Å². The molecule has 90 valence electrons. The van der Waals surface area contributed by atoms with Crippen LogP contribution in [0, 0.1) is 5.92 Å². The molecule has 0 radical (unpaired) electrons. The summed E-state index contributed by atoms with van der Waals surface area (Å²) in [5.41, 5.74) is 0. The standard InChI is InChI=1S/C10H19N5O/c1-9(5-11-2)6-13-10(16)3-4-15-8-12-7-14-15/h7-9,11H,3-6H2,1-2H3,(H,13,16). The molecule has 0 spiro atoms. The number of hydrogen-bond acceptors (Lipinski definition) is 4. The number of aryl methyl sites for hydroxylation is 1. The number of amides is 1. The fraction of sp³-hybridized carbons (Fsp3) is 0.700. The van der Waals surface area contributed by atoms with Crippen LogP contribution in [0.15, 0.2) is 12.7 Å². The topological polar surface area (TPSA) is 71.8 Å². The van der Waals surface area contributed by atoms with Crippen LogP contribution in [0.1, 0.15) is 13.3 Å². The van der Waals surface area contributed by atoms with Gasteiger partial charge in [-0.2, -0.15) is 5.10 Å². The normalized spacial score (nSPS) is 12.4. The van der Waals surface area contributed by atoms with Crippen molar-refractivity contribution in [3.63, 3.8) is 0 Å². The third-order valence-electron chi connectivity index (χ3n) is 2.23. The largest absolute Gasteiger partial charge is 0.356 e. The molecule has 0 aliphatic carbocycles. The van der Waals surface area contributed by atoms with Gasteiger partial charge in [0.15, 0.2) is 0 Å². The molecule has 1 atom stereocenters. The Hall–Kier alpha value is -1.43. The zero-order chi connectivity index (χ0) is 11.8. The van der Waals surface area contributed by atoms with E-state index in [9.17, 15) is 4.79 Å². The molecule has 1 amide bonds. The summed E-state index contributed by atoms with van der Waals surface area (Å²) in [5, 5.41) is 9.89. The van der Waals surface area contributed by atoms with Crippen LogP contribution < -0.4 is 10.6 Å². The molecule has 1 aromatic rings. The van der Waals surface area contributed by atoms with E-state index in [-0.39, 0.29) is 5.91 Å². The van der Waals surface area contributed by atoms with Crippen LogP contribution in [-0.4, -0.2) is 40.8 Å². The molecule has 2 N–H and O–H groups in total. The molecule has 16 heavy (non-hydrogen) atoms. The van der Waals surface area contributed by atoms with Crippen LogP contribution in [0.5, 0.6) is 0 Å². The van der Waals surface area contributed by atoms with Gasteiger partial charge in [0.05, 0.1) is 6.54 Å². The quantitative estimate of drug-likeness (QED) is 0.665. The number of rotatable bonds is 7. The minimum absolute atomic E-state index is 0.0541. The summed E-state index contributed by atoms with van der Waals surface area (Å²) in [7, 11) is 1.91. The van der Waals surface area contributed by atoms with Crippen LogP contribution in [0.4, 0.5) is 0 Å². The number of carbonyl (C=O) groups excluding carboxylic acids is 1. The summed E-state index contributed by atoms with van der Waals surface area (Å²) in [6, 6.07) is 0. The van der Waals surface area contributed by atoms with Gasteiger partial charge in [-0.15, -0.1) is 0 Å². The van der Waals surface area contributed by atoms with Gasteiger partial charge in [0.2, 0.25) is 5.91 Å². The molecule has 1 rings (SSSR count). The third kappa shape index (κ3) is 4.88. The van der Waals surface area contributed by atoms with E-state index in [4.69, 9.17) is 0 Å². The molecule has 0 saturated heterocycles. The zero-order valence-corrected chi connectivity index (χ0v) is 9.81. The first-order valence-corrected chi connectivity index (χ1v) is 5.46. The Morgan fingerprint density at radius 1 is 1.50 bits per heavy atom. The second kappa shape index (κ2) is 6.95. The van der Waals surface area contributed by atoms with Crippen molar-refractivity contribution in [3.8, 4) is 0 Å². The number of carbonyl (C=O) groups is 1. The minimum Gasteiger partial charge on any atom is -0.356 e. The van der Waals surface area contributed by atoms with Crippen molar-refractivity contribution in [3.05, 3.63) is 12.7 Å². The summed E-state index contributed by atoms with van der Waals surface area (Å²) >= 11 is 0. The molecule has 0 saturated carbocycles. The lowest BCUT2D eigenvalue weighted by atomic mass is 10.2. The second-order valence-corrected chi connectivity index (χ2v) is 3.88. The Morgan fingerprint density at radius 2 is 2.31 bits per heavy atom. The van der Waals surface area contributed by atoms with E-state index in [0.29, 0.717) is 25.4 Å². The smallest absolute Gasteiger partial charge is 0.221 e. The Bertz CT molecular complexity index is 298. The van der Waals surface area contributed by atoms with Crippen molar-refractivity contribution in [2.24, 2.45) is 5.92 Å². The maximum absolute atomic E-state index is 11.5. The highest BCUT2D eigenvalue weighted by Crippen LogP contribution is 1.91. The first-order chi connectivity index (χ1) is 7.72. The van der Waals surface area contributed by atoms with Crippen LogP contribution in [0.3, 0.4) is 0 Å². The van der Waals surface area contributed by atoms with Gasteiger partial charge in [-0.1, -0.05) is 6.92 Å². The monoisotopic (exact) mass is 225 g/mol. The van der Waals surface area contributed by atoms with Crippen molar-refractivity contribution in [1.29, 1.82) is 0 Å². The van der Waals surface area contributed by atoms with Crippen LogP contribution in [0.2, 0.25) is 0 Å². The first kappa shape index (κ1) is 12.6. The fourth-order valence-corrected chi connectivity index (χ4v) is 1.36. The molecule has 0 aliphatic rings. The molecule has 1 aromatic heterocycles. The molecule has 1 heterocycles. The molecule has 0 bridgehead atoms. The Labute approximate surface area is 95.4 Å². The third-order valence-corrected chi connectivity index (χ3v) is 2.23. The highest BCUT2D eigenvalue weighted by atomic mass is 16.1. The summed E-state index contributed by atoms with van der Waals surface area (Å²) in [6.07, 6.45) is 3.51. The first-order valence-electron chi connectivity index (χ1n) is 5.46. The average Bonchev–Trinajstić information content (AvgIpc) is 2.77. The number of hydrogen-bond donors (Lipinski definition) is 2. The zero-order valence-electron chi connectivity index (χ0n) is 9.81. The molecule has 0 aromatic carbocycles. The Morgan fingerprint density at radius 3 is 2.94 bits per heavy atom. The molecule has 0 aliphatic heterocycles. The van der Waals surface area contributed by atoms with Crippen LogP contribution in [0.25, 0.3) is 0 Å². The van der Waals surface area contributed by atoms with Crippen molar-refractivity contribution in [2.45, 2.75) is 19.9 Å². The minimum atomic E-state index is 0.0541. The van der Waals surface area contributed by atoms with E-state index < -0.39 is 0 Å². The highest BCUT2D eigenvalue weighted by Gasteiger charge is 2.05. The number of aromatic nitrogens is 3. The molecule has 0 fully saturated rings. The average molecular weight is 225 g/mol. The summed E-state index contributed by atoms with van der Waals surface area (Å²) in [4.78, 5) is 15.3. The van der Waals surface area contributed by atoms with E-state index in [1.165, 1.54) is 6.33 Å². The lowest BCUT2D eigenvalue weighted by Crippen LogP contribution is -2.32. The van der Waals surface area contributed by atoms with Gasteiger partial charge in [-0.3, -0.25) is 9.48 Å². The predicted octanol–water partition coefficient (Wildman–Crippen LogP) is -0.360. The van der Waals surface area contributed by atoms with Gasteiger partial charge in [0.25, 0.3) is 0 Å². The van der Waals surface area contributed by atoms with Crippen molar-refractivity contribution in [1.82, 2.24) is 25.4 Å². The van der Waals surface area contributed by atoms with Crippen LogP contribution in [-0.2, 0) is 11.3 Å². The Kier molecular flexibility index (Phi) is 5.49. The van der Waals surface area contributed by atoms with Crippen molar-refractivity contribution >= 4 is 5.91 Å². The molecular weight excluding hydrogens is 206 g/mol. The van der Waals surface area contributed by atoms with Gasteiger partial charge < -0.3 is 10.6 Å². The molecular formula is C10H19N5O. The Balaban J connectivity index is 2.11.